The molecule has 2 saturated heterocycles. The minimum atomic E-state index is 0.609. The number of hydrogen-bond acceptors (Lipinski definition) is 4. The first-order valence-electron chi connectivity index (χ1n) is 9.00. The summed E-state index contributed by atoms with van der Waals surface area (Å²) in [5.41, 5.74) is 0. The molecule has 0 unspecified atom stereocenters. The molecule has 0 aromatic carbocycles. The van der Waals surface area contributed by atoms with Crippen LogP contribution >= 0.6 is 0 Å². The third-order valence-corrected chi connectivity index (χ3v) is 5.13. The van der Waals surface area contributed by atoms with Gasteiger partial charge in [0.05, 0.1) is 0 Å². The zero-order valence-electron chi connectivity index (χ0n) is 14.6. The van der Waals surface area contributed by atoms with Crippen molar-refractivity contribution in [3.63, 3.8) is 0 Å². The molecule has 4 heteroatoms. The molecule has 0 bridgehead atoms. The van der Waals surface area contributed by atoms with Gasteiger partial charge in [0.2, 0.25) is 0 Å². The van der Waals surface area contributed by atoms with Gasteiger partial charge >= 0.3 is 0 Å². The van der Waals surface area contributed by atoms with Gasteiger partial charge in [-0.05, 0) is 39.8 Å². The highest BCUT2D eigenvalue weighted by Gasteiger charge is 2.27. The summed E-state index contributed by atoms with van der Waals surface area (Å²) in [5, 5.41) is 3.52. The monoisotopic (exact) mass is 296 g/mol. The summed E-state index contributed by atoms with van der Waals surface area (Å²) in [6, 6.07) is 2.17. The molecule has 2 aliphatic rings. The van der Waals surface area contributed by atoms with Crippen molar-refractivity contribution in [2.45, 2.75) is 58.7 Å². The molecule has 2 aliphatic heterocycles. The van der Waals surface area contributed by atoms with E-state index in [0.29, 0.717) is 6.04 Å². The Morgan fingerprint density at radius 2 is 1.52 bits per heavy atom. The van der Waals surface area contributed by atoms with Crippen molar-refractivity contribution in [1.82, 2.24) is 20.0 Å². The number of piperazine rings is 1. The molecule has 0 amide bonds. The molecular formula is C17H36N4. The lowest BCUT2D eigenvalue weighted by molar-refractivity contribution is 0.0521. The third kappa shape index (κ3) is 5.51. The highest BCUT2D eigenvalue weighted by Crippen LogP contribution is 2.19. The van der Waals surface area contributed by atoms with Crippen LogP contribution in [-0.4, -0.2) is 85.2 Å². The van der Waals surface area contributed by atoms with Gasteiger partial charge in [-0.1, -0.05) is 13.8 Å². The predicted octanol–water partition coefficient (Wildman–Crippen LogP) is 1.47. The van der Waals surface area contributed by atoms with Crippen molar-refractivity contribution < 1.29 is 0 Å². The summed E-state index contributed by atoms with van der Waals surface area (Å²) >= 11 is 0. The zero-order valence-corrected chi connectivity index (χ0v) is 14.6. The molecule has 0 aliphatic carbocycles. The van der Waals surface area contributed by atoms with Gasteiger partial charge in [-0.2, -0.15) is 0 Å². The molecule has 0 spiro atoms. The van der Waals surface area contributed by atoms with Gasteiger partial charge < -0.3 is 10.2 Å². The van der Waals surface area contributed by atoms with Crippen LogP contribution in [0.4, 0.5) is 0 Å². The van der Waals surface area contributed by atoms with E-state index in [1.165, 1.54) is 58.7 Å². The Morgan fingerprint density at radius 1 is 0.905 bits per heavy atom. The Labute approximate surface area is 131 Å². The van der Waals surface area contributed by atoms with Crippen LogP contribution in [0.2, 0.25) is 0 Å². The van der Waals surface area contributed by atoms with Crippen LogP contribution in [0, 0.1) is 0 Å². The summed E-state index contributed by atoms with van der Waals surface area (Å²) in [7, 11) is 0. The van der Waals surface area contributed by atoms with Crippen LogP contribution in [0.25, 0.3) is 0 Å². The van der Waals surface area contributed by atoms with E-state index in [-0.39, 0.29) is 0 Å². The van der Waals surface area contributed by atoms with Crippen LogP contribution < -0.4 is 5.32 Å². The van der Waals surface area contributed by atoms with Gasteiger partial charge in [0.25, 0.3) is 0 Å². The maximum atomic E-state index is 3.52. The van der Waals surface area contributed by atoms with E-state index in [1.54, 1.807) is 0 Å². The van der Waals surface area contributed by atoms with Crippen molar-refractivity contribution in [1.29, 1.82) is 0 Å². The topological polar surface area (TPSA) is 21.8 Å². The molecule has 2 heterocycles. The van der Waals surface area contributed by atoms with E-state index in [4.69, 9.17) is 0 Å². The Hall–Kier alpha value is -0.160. The normalized spacial score (nSPS) is 24.3. The summed E-state index contributed by atoms with van der Waals surface area (Å²) in [6.07, 6.45) is 2.74. The van der Waals surface area contributed by atoms with Gasteiger partial charge in [0.1, 0.15) is 0 Å². The smallest absolute Gasteiger partial charge is 0.0121 e. The average Bonchev–Trinajstić information content (AvgIpc) is 2.48. The van der Waals surface area contributed by atoms with Crippen molar-refractivity contribution in [3.8, 4) is 0 Å². The quantitative estimate of drug-likeness (QED) is 0.801. The van der Waals surface area contributed by atoms with Gasteiger partial charge in [-0.25, -0.2) is 0 Å². The second-order valence-corrected chi connectivity index (χ2v) is 7.35. The fourth-order valence-corrected chi connectivity index (χ4v) is 3.63. The molecule has 124 valence electrons. The Morgan fingerprint density at radius 3 is 2.05 bits per heavy atom. The second-order valence-electron chi connectivity index (χ2n) is 7.35. The molecule has 0 radical (unpaired) electrons. The molecule has 0 aromatic heterocycles. The minimum absolute atomic E-state index is 0.609. The molecular weight excluding hydrogens is 260 g/mol. The van der Waals surface area contributed by atoms with Crippen molar-refractivity contribution in [2.75, 3.05) is 52.4 Å². The number of nitrogens with one attached hydrogen (secondary N) is 1. The summed E-state index contributed by atoms with van der Waals surface area (Å²) < 4.78 is 0. The lowest BCUT2D eigenvalue weighted by Crippen LogP contribution is -2.54. The molecule has 1 N–H and O–H groups in total. The predicted molar refractivity (Wildman–Crippen MR) is 90.9 cm³/mol. The van der Waals surface area contributed by atoms with E-state index >= 15 is 0 Å². The summed E-state index contributed by atoms with van der Waals surface area (Å²) in [5.74, 6) is 0. The molecule has 2 fully saturated rings. The lowest BCUT2D eigenvalue weighted by Gasteiger charge is -2.43. The van der Waals surface area contributed by atoms with E-state index in [0.717, 1.165) is 18.6 Å². The average molecular weight is 297 g/mol. The maximum Gasteiger partial charge on any atom is 0.0121 e. The maximum absolute atomic E-state index is 3.52. The molecule has 21 heavy (non-hydrogen) atoms. The van der Waals surface area contributed by atoms with E-state index in [9.17, 15) is 0 Å². The largest absolute Gasteiger partial charge is 0.313 e. The highest BCUT2D eigenvalue weighted by molar-refractivity contribution is 4.84. The second kappa shape index (κ2) is 8.47. The van der Waals surface area contributed by atoms with Crippen molar-refractivity contribution in [3.05, 3.63) is 0 Å². The molecule has 0 atom stereocenters. The standard InChI is InChI=1S/C17H36N4/c1-15(2)18-7-10-19-11-13-21(14-12-19)17-5-8-20(9-6-17)16(3)4/h15-18H,5-14H2,1-4H3. The first-order chi connectivity index (χ1) is 10.1. The van der Waals surface area contributed by atoms with Crippen LogP contribution in [0.3, 0.4) is 0 Å². The van der Waals surface area contributed by atoms with Crippen molar-refractivity contribution >= 4 is 0 Å². The Bertz CT molecular complexity index is 277. The number of piperidine rings is 1. The Kier molecular flexibility index (Phi) is 6.93. The number of hydrogen-bond donors (Lipinski definition) is 1. The summed E-state index contributed by atoms with van der Waals surface area (Å²) in [4.78, 5) is 8.00. The first kappa shape index (κ1) is 17.2. The SMILES string of the molecule is CC(C)NCCN1CCN(C2CCN(C(C)C)CC2)CC1. The number of nitrogens with zero attached hydrogens (tertiary/aromatic N) is 3. The van der Waals surface area contributed by atoms with Crippen LogP contribution in [0.15, 0.2) is 0 Å². The van der Waals surface area contributed by atoms with Gasteiger partial charge in [-0.15, -0.1) is 0 Å². The molecule has 2 rings (SSSR count). The summed E-state index contributed by atoms with van der Waals surface area (Å²) in [6.45, 7) is 19.1. The number of rotatable bonds is 6. The third-order valence-electron chi connectivity index (χ3n) is 5.13. The van der Waals surface area contributed by atoms with Gasteiger partial charge in [0, 0.05) is 57.4 Å². The lowest BCUT2D eigenvalue weighted by atomic mass is 10.0. The highest BCUT2D eigenvalue weighted by atomic mass is 15.3. The van der Waals surface area contributed by atoms with Gasteiger partial charge in [0.15, 0.2) is 0 Å². The Balaban J connectivity index is 1.63. The first-order valence-corrected chi connectivity index (χ1v) is 9.00. The molecule has 0 saturated carbocycles. The van der Waals surface area contributed by atoms with E-state index in [2.05, 4.69) is 47.7 Å². The molecule has 0 aromatic rings. The fourth-order valence-electron chi connectivity index (χ4n) is 3.63. The van der Waals surface area contributed by atoms with Crippen LogP contribution in [0.5, 0.6) is 0 Å². The molecule has 4 nitrogen and oxygen atoms in total. The van der Waals surface area contributed by atoms with Crippen LogP contribution in [-0.2, 0) is 0 Å². The fraction of sp³-hybridized carbons (Fsp3) is 1.00. The van der Waals surface area contributed by atoms with E-state index in [1.807, 2.05) is 0 Å². The van der Waals surface area contributed by atoms with E-state index < -0.39 is 0 Å². The van der Waals surface area contributed by atoms with Crippen molar-refractivity contribution in [2.24, 2.45) is 0 Å². The van der Waals surface area contributed by atoms with Gasteiger partial charge in [-0.3, -0.25) is 9.80 Å². The minimum Gasteiger partial charge on any atom is -0.313 e. The zero-order chi connectivity index (χ0) is 15.2. The number of likely N-dealkylation sites (tertiary alicyclic amines) is 1. The van der Waals surface area contributed by atoms with Crippen LogP contribution in [0.1, 0.15) is 40.5 Å².